The molecule has 0 aromatic heterocycles. The lowest BCUT2D eigenvalue weighted by Crippen LogP contribution is -2.04. The number of hydrogen-bond donors (Lipinski definition) is 0. The van der Waals surface area contributed by atoms with Gasteiger partial charge in [-0.1, -0.05) is 27.7 Å². The third-order valence-electron chi connectivity index (χ3n) is 3.36. The van der Waals surface area contributed by atoms with Gasteiger partial charge < -0.3 is 14.2 Å². The maximum absolute atomic E-state index is 5.96. The van der Waals surface area contributed by atoms with Crippen LogP contribution in [0.5, 0.6) is 23.0 Å². The zero-order chi connectivity index (χ0) is 17.5. The first kappa shape index (κ1) is 18.2. The summed E-state index contributed by atoms with van der Waals surface area (Å²) < 4.78 is 17.4. The monoisotopic (exact) mass is 328 g/mol. The summed E-state index contributed by atoms with van der Waals surface area (Å²) >= 11 is 0. The van der Waals surface area contributed by atoms with Crippen LogP contribution in [0.25, 0.3) is 0 Å². The van der Waals surface area contributed by atoms with E-state index in [1.807, 2.05) is 49.4 Å². The molecule has 2 rings (SSSR count). The van der Waals surface area contributed by atoms with E-state index < -0.39 is 0 Å². The van der Waals surface area contributed by atoms with Gasteiger partial charge in [-0.25, -0.2) is 0 Å². The Balaban J connectivity index is 1.97. The van der Waals surface area contributed by atoms with Crippen LogP contribution >= 0.6 is 0 Å². The molecule has 3 nitrogen and oxygen atoms in total. The van der Waals surface area contributed by atoms with E-state index in [1.165, 1.54) is 0 Å². The van der Waals surface area contributed by atoms with Crippen molar-refractivity contribution in [1.82, 2.24) is 0 Å². The van der Waals surface area contributed by atoms with Gasteiger partial charge in [-0.05, 0) is 66.8 Å². The molecule has 2 aromatic rings. The van der Waals surface area contributed by atoms with Gasteiger partial charge in [0.2, 0.25) is 0 Å². The predicted molar refractivity (Wildman–Crippen MR) is 98.4 cm³/mol. The van der Waals surface area contributed by atoms with Crippen molar-refractivity contribution in [2.45, 2.75) is 34.6 Å². The van der Waals surface area contributed by atoms with Crippen molar-refractivity contribution in [3.63, 3.8) is 0 Å². The summed E-state index contributed by atoms with van der Waals surface area (Å²) in [7, 11) is 0. The van der Waals surface area contributed by atoms with Crippen LogP contribution < -0.4 is 14.2 Å². The van der Waals surface area contributed by atoms with E-state index in [9.17, 15) is 0 Å². The lowest BCUT2D eigenvalue weighted by atomic mass is 10.2. The summed E-state index contributed by atoms with van der Waals surface area (Å²) in [6.45, 7) is 12.0. The van der Waals surface area contributed by atoms with Gasteiger partial charge in [0.05, 0.1) is 13.2 Å². The fourth-order valence-electron chi connectivity index (χ4n) is 2.08. The zero-order valence-corrected chi connectivity index (χ0v) is 15.3. The second-order valence-corrected chi connectivity index (χ2v) is 6.91. The Morgan fingerprint density at radius 2 is 1.21 bits per heavy atom. The molecular weight excluding hydrogens is 300 g/mol. The van der Waals surface area contributed by atoms with Crippen LogP contribution in [-0.4, -0.2) is 13.2 Å². The third kappa shape index (κ3) is 5.80. The largest absolute Gasteiger partial charge is 0.493 e. The van der Waals surface area contributed by atoms with Crippen LogP contribution in [0.1, 0.15) is 33.3 Å². The molecule has 0 aliphatic heterocycles. The van der Waals surface area contributed by atoms with Crippen LogP contribution in [-0.2, 0) is 0 Å². The van der Waals surface area contributed by atoms with Gasteiger partial charge in [0, 0.05) is 0 Å². The highest BCUT2D eigenvalue weighted by Crippen LogP contribution is 2.29. The van der Waals surface area contributed by atoms with Gasteiger partial charge in [0.25, 0.3) is 0 Å². The summed E-state index contributed by atoms with van der Waals surface area (Å²) in [5.41, 5.74) is 1.05. The smallest absolute Gasteiger partial charge is 0.130 e. The molecule has 2 aromatic carbocycles. The van der Waals surface area contributed by atoms with Gasteiger partial charge in [0.1, 0.15) is 23.0 Å². The third-order valence-corrected chi connectivity index (χ3v) is 3.36. The molecule has 0 radical (unpaired) electrons. The molecule has 3 heteroatoms. The molecule has 0 heterocycles. The maximum Gasteiger partial charge on any atom is 0.130 e. The van der Waals surface area contributed by atoms with E-state index in [2.05, 4.69) is 27.7 Å². The number of aryl methyl sites for hydroxylation is 1. The fourth-order valence-corrected chi connectivity index (χ4v) is 2.08. The molecule has 0 fully saturated rings. The molecule has 0 spiro atoms. The second-order valence-electron chi connectivity index (χ2n) is 6.91. The minimum Gasteiger partial charge on any atom is -0.493 e. The van der Waals surface area contributed by atoms with Crippen molar-refractivity contribution in [2.75, 3.05) is 13.2 Å². The van der Waals surface area contributed by atoms with Gasteiger partial charge >= 0.3 is 0 Å². The number of hydrogen-bond acceptors (Lipinski definition) is 3. The standard InChI is InChI=1S/C21H28O3/c1-15(2)13-22-18-6-8-19(9-7-18)24-21-11-10-20(12-17(21)5)23-14-16(3)4/h6-12,15-16H,13-14H2,1-5H3. The van der Waals surface area contributed by atoms with E-state index in [0.717, 1.165) is 41.8 Å². The molecular formula is C21H28O3. The Morgan fingerprint density at radius 1 is 0.708 bits per heavy atom. The molecule has 0 saturated heterocycles. The minimum atomic E-state index is 0.512. The molecule has 0 saturated carbocycles. The van der Waals surface area contributed by atoms with Crippen LogP contribution in [0.3, 0.4) is 0 Å². The summed E-state index contributed by atoms with van der Waals surface area (Å²) in [5, 5.41) is 0. The van der Waals surface area contributed by atoms with Crippen LogP contribution in [0.4, 0.5) is 0 Å². The first-order valence-electron chi connectivity index (χ1n) is 8.58. The van der Waals surface area contributed by atoms with Crippen LogP contribution in [0, 0.1) is 18.8 Å². The summed E-state index contributed by atoms with van der Waals surface area (Å²) in [6, 6.07) is 13.6. The number of rotatable bonds is 8. The second kappa shape index (κ2) is 8.62. The lowest BCUT2D eigenvalue weighted by molar-refractivity contribution is 0.270. The van der Waals surface area contributed by atoms with E-state index >= 15 is 0 Å². The maximum atomic E-state index is 5.96. The Bertz CT molecular complexity index is 630. The Hall–Kier alpha value is -2.16. The molecule has 0 aliphatic carbocycles. The topological polar surface area (TPSA) is 27.7 Å². The molecule has 0 unspecified atom stereocenters. The van der Waals surface area contributed by atoms with Gasteiger partial charge in [-0.2, -0.15) is 0 Å². The van der Waals surface area contributed by atoms with Crippen molar-refractivity contribution >= 4 is 0 Å². The summed E-state index contributed by atoms with van der Waals surface area (Å²) in [4.78, 5) is 0. The minimum absolute atomic E-state index is 0.512. The Morgan fingerprint density at radius 3 is 1.75 bits per heavy atom. The van der Waals surface area contributed by atoms with Crippen LogP contribution in [0.15, 0.2) is 42.5 Å². The van der Waals surface area contributed by atoms with E-state index in [4.69, 9.17) is 14.2 Å². The SMILES string of the molecule is Cc1cc(OCC(C)C)ccc1Oc1ccc(OCC(C)C)cc1. The summed E-state index contributed by atoms with van der Waals surface area (Å²) in [5.74, 6) is 4.41. The molecule has 0 N–H and O–H groups in total. The highest BCUT2D eigenvalue weighted by molar-refractivity contribution is 5.42. The average molecular weight is 328 g/mol. The van der Waals surface area contributed by atoms with Crippen molar-refractivity contribution < 1.29 is 14.2 Å². The highest BCUT2D eigenvalue weighted by atomic mass is 16.5. The Kier molecular flexibility index (Phi) is 6.53. The van der Waals surface area contributed by atoms with E-state index in [1.54, 1.807) is 0 Å². The molecule has 0 amide bonds. The molecule has 0 atom stereocenters. The molecule has 130 valence electrons. The summed E-state index contributed by atoms with van der Waals surface area (Å²) in [6.07, 6.45) is 0. The predicted octanol–water partition coefficient (Wildman–Crippen LogP) is 5.86. The van der Waals surface area contributed by atoms with Gasteiger partial charge in [0.15, 0.2) is 0 Å². The Labute approximate surface area is 145 Å². The zero-order valence-electron chi connectivity index (χ0n) is 15.3. The number of ether oxygens (including phenoxy) is 3. The molecule has 24 heavy (non-hydrogen) atoms. The van der Waals surface area contributed by atoms with Crippen molar-refractivity contribution in [3.8, 4) is 23.0 Å². The van der Waals surface area contributed by atoms with Gasteiger partial charge in [-0.3, -0.25) is 0 Å². The normalized spacial score (nSPS) is 11.0. The van der Waals surface area contributed by atoms with Crippen LogP contribution in [0.2, 0.25) is 0 Å². The average Bonchev–Trinajstić information content (AvgIpc) is 2.54. The number of benzene rings is 2. The molecule has 0 bridgehead atoms. The van der Waals surface area contributed by atoms with Gasteiger partial charge in [-0.15, -0.1) is 0 Å². The van der Waals surface area contributed by atoms with E-state index in [-0.39, 0.29) is 0 Å². The van der Waals surface area contributed by atoms with Crippen molar-refractivity contribution in [2.24, 2.45) is 11.8 Å². The quantitative estimate of drug-likeness (QED) is 0.607. The lowest BCUT2D eigenvalue weighted by Gasteiger charge is -2.13. The van der Waals surface area contributed by atoms with Crippen molar-refractivity contribution in [1.29, 1.82) is 0 Å². The molecule has 0 aliphatic rings. The first-order chi connectivity index (χ1) is 11.4. The fraction of sp³-hybridized carbons (Fsp3) is 0.429. The van der Waals surface area contributed by atoms with Crippen molar-refractivity contribution in [3.05, 3.63) is 48.0 Å². The highest BCUT2D eigenvalue weighted by Gasteiger charge is 2.05. The first-order valence-corrected chi connectivity index (χ1v) is 8.58. The van der Waals surface area contributed by atoms with E-state index in [0.29, 0.717) is 11.8 Å².